The summed E-state index contributed by atoms with van der Waals surface area (Å²) in [6.45, 7) is 7.27. The van der Waals surface area contributed by atoms with Gasteiger partial charge in [0.1, 0.15) is 0 Å². The Bertz CT molecular complexity index is 502. The molecule has 2 bridgehead atoms. The van der Waals surface area contributed by atoms with Crippen LogP contribution in [-0.4, -0.2) is 17.3 Å². The lowest BCUT2D eigenvalue weighted by atomic mass is 9.75. The predicted octanol–water partition coefficient (Wildman–Crippen LogP) is 4.59. The standard InChI is InChI=1S/C17H23ClO2/c1-12(2)17-9-8-16(3,20-17)15(10-17)19-11-13-6-4-5-7-14(13)18/h4-7,12,15H,8-11H2,1-3H3/t15-,16+,17+/m0/s1. The molecule has 3 atom stereocenters. The third-order valence-electron chi connectivity index (χ3n) is 5.14. The molecule has 0 spiro atoms. The molecule has 0 aliphatic carbocycles. The highest BCUT2D eigenvalue weighted by Crippen LogP contribution is 2.55. The van der Waals surface area contributed by atoms with Gasteiger partial charge in [0, 0.05) is 11.4 Å². The fourth-order valence-electron chi connectivity index (χ4n) is 3.61. The smallest absolute Gasteiger partial charge is 0.0924 e. The van der Waals surface area contributed by atoms with Crippen molar-refractivity contribution in [3.63, 3.8) is 0 Å². The molecule has 20 heavy (non-hydrogen) atoms. The third-order valence-corrected chi connectivity index (χ3v) is 5.51. The average Bonchev–Trinajstić information content (AvgIpc) is 2.90. The van der Waals surface area contributed by atoms with Gasteiger partial charge in [-0.2, -0.15) is 0 Å². The normalized spacial score (nSPS) is 36.0. The van der Waals surface area contributed by atoms with E-state index in [1.807, 2.05) is 24.3 Å². The maximum Gasteiger partial charge on any atom is 0.0924 e. The van der Waals surface area contributed by atoms with E-state index in [0.29, 0.717) is 12.5 Å². The molecule has 0 aromatic heterocycles. The lowest BCUT2D eigenvalue weighted by Crippen LogP contribution is -2.38. The molecule has 2 aliphatic rings. The second-order valence-corrected chi connectivity index (χ2v) is 7.14. The van der Waals surface area contributed by atoms with E-state index in [2.05, 4.69) is 20.8 Å². The zero-order valence-corrected chi connectivity index (χ0v) is 13.2. The van der Waals surface area contributed by atoms with Crippen LogP contribution in [0.1, 0.15) is 45.6 Å². The quantitative estimate of drug-likeness (QED) is 0.808. The first-order chi connectivity index (χ1) is 9.45. The van der Waals surface area contributed by atoms with Crippen molar-refractivity contribution in [3.8, 4) is 0 Å². The SMILES string of the molecule is CC(C)[C@]12CC[C@@](C)(O1)[C@@H](OCc1ccccc1Cl)C2. The Balaban J connectivity index is 1.69. The molecule has 1 aromatic rings. The monoisotopic (exact) mass is 294 g/mol. The summed E-state index contributed by atoms with van der Waals surface area (Å²) in [6, 6.07) is 7.88. The van der Waals surface area contributed by atoms with E-state index in [0.717, 1.165) is 29.8 Å². The van der Waals surface area contributed by atoms with E-state index in [1.165, 1.54) is 0 Å². The minimum atomic E-state index is -0.120. The summed E-state index contributed by atoms with van der Waals surface area (Å²) in [5.41, 5.74) is 0.963. The molecule has 2 saturated heterocycles. The van der Waals surface area contributed by atoms with Crippen molar-refractivity contribution in [2.45, 2.75) is 63.9 Å². The van der Waals surface area contributed by atoms with Crippen molar-refractivity contribution in [1.82, 2.24) is 0 Å². The molecule has 3 rings (SSSR count). The molecule has 2 fully saturated rings. The van der Waals surface area contributed by atoms with Crippen LogP contribution in [0.2, 0.25) is 5.02 Å². The van der Waals surface area contributed by atoms with Gasteiger partial charge in [-0.05, 0) is 37.3 Å². The second-order valence-electron chi connectivity index (χ2n) is 6.73. The van der Waals surface area contributed by atoms with Gasteiger partial charge >= 0.3 is 0 Å². The van der Waals surface area contributed by atoms with E-state index in [9.17, 15) is 0 Å². The number of ether oxygens (including phenoxy) is 2. The third kappa shape index (κ3) is 2.28. The van der Waals surface area contributed by atoms with Crippen LogP contribution in [0, 0.1) is 5.92 Å². The second kappa shape index (κ2) is 5.01. The Hall–Kier alpha value is -0.570. The summed E-state index contributed by atoms with van der Waals surface area (Å²) in [7, 11) is 0. The molecule has 0 N–H and O–H groups in total. The van der Waals surface area contributed by atoms with Crippen molar-refractivity contribution in [2.75, 3.05) is 0 Å². The molecule has 2 heterocycles. The Morgan fingerprint density at radius 1 is 1.35 bits per heavy atom. The predicted molar refractivity (Wildman–Crippen MR) is 80.9 cm³/mol. The highest BCUT2D eigenvalue weighted by molar-refractivity contribution is 6.31. The fraction of sp³-hybridized carbons (Fsp3) is 0.647. The Morgan fingerprint density at radius 3 is 2.75 bits per heavy atom. The van der Waals surface area contributed by atoms with E-state index in [-0.39, 0.29) is 17.3 Å². The number of benzene rings is 1. The summed E-state index contributed by atoms with van der Waals surface area (Å²) in [5, 5.41) is 0.778. The van der Waals surface area contributed by atoms with Crippen LogP contribution >= 0.6 is 11.6 Å². The largest absolute Gasteiger partial charge is 0.370 e. The summed E-state index contributed by atoms with van der Waals surface area (Å²) in [6.07, 6.45) is 3.44. The van der Waals surface area contributed by atoms with Crippen molar-refractivity contribution in [1.29, 1.82) is 0 Å². The molecule has 0 amide bonds. The van der Waals surface area contributed by atoms with Crippen LogP contribution in [0.25, 0.3) is 0 Å². The Morgan fingerprint density at radius 2 is 2.10 bits per heavy atom. The number of rotatable bonds is 4. The molecule has 110 valence electrons. The Kier molecular flexibility index (Phi) is 3.60. The Labute approximate surface area is 126 Å². The number of hydrogen-bond acceptors (Lipinski definition) is 2. The summed E-state index contributed by atoms with van der Waals surface area (Å²) in [4.78, 5) is 0. The van der Waals surface area contributed by atoms with Crippen molar-refractivity contribution in [2.24, 2.45) is 5.92 Å². The van der Waals surface area contributed by atoms with Gasteiger partial charge in [-0.15, -0.1) is 0 Å². The topological polar surface area (TPSA) is 18.5 Å². The maximum absolute atomic E-state index is 6.38. The fourth-order valence-corrected chi connectivity index (χ4v) is 3.80. The van der Waals surface area contributed by atoms with Crippen LogP contribution in [-0.2, 0) is 16.1 Å². The zero-order chi connectivity index (χ0) is 14.4. The van der Waals surface area contributed by atoms with Gasteiger partial charge in [-0.25, -0.2) is 0 Å². The first-order valence-corrected chi connectivity index (χ1v) is 7.88. The molecule has 2 nitrogen and oxygen atoms in total. The van der Waals surface area contributed by atoms with Gasteiger partial charge in [0.2, 0.25) is 0 Å². The van der Waals surface area contributed by atoms with E-state index in [1.54, 1.807) is 0 Å². The number of hydrogen-bond donors (Lipinski definition) is 0. The highest BCUT2D eigenvalue weighted by Gasteiger charge is 2.60. The molecule has 0 unspecified atom stereocenters. The lowest BCUT2D eigenvalue weighted by molar-refractivity contribution is -0.0959. The van der Waals surface area contributed by atoms with Gasteiger partial charge in [-0.3, -0.25) is 0 Å². The maximum atomic E-state index is 6.38. The molecular formula is C17H23ClO2. The first kappa shape index (κ1) is 14.4. The molecule has 0 radical (unpaired) electrons. The van der Waals surface area contributed by atoms with Gasteiger partial charge in [-0.1, -0.05) is 43.6 Å². The summed E-state index contributed by atoms with van der Waals surface area (Å²) in [5.74, 6) is 0.540. The van der Waals surface area contributed by atoms with Crippen LogP contribution in [0.15, 0.2) is 24.3 Å². The van der Waals surface area contributed by atoms with E-state index < -0.39 is 0 Å². The molecule has 1 aromatic carbocycles. The van der Waals surface area contributed by atoms with Crippen molar-refractivity contribution in [3.05, 3.63) is 34.9 Å². The molecular weight excluding hydrogens is 272 g/mol. The van der Waals surface area contributed by atoms with E-state index >= 15 is 0 Å². The van der Waals surface area contributed by atoms with Crippen LogP contribution < -0.4 is 0 Å². The van der Waals surface area contributed by atoms with Crippen molar-refractivity contribution < 1.29 is 9.47 Å². The first-order valence-electron chi connectivity index (χ1n) is 7.50. The minimum Gasteiger partial charge on any atom is -0.370 e. The summed E-state index contributed by atoms with van der Waals surface area (Å²) >= 11 is 6.19. The van der Waals surface area contributed by atoms with Crippen LogP contribution in [0.5, 0.6) is 0 Å². The van der Waals surface area contributed by atoms with E-state index in [4.69, 9.17) is 21.1 Å². The lowest BCUT2D eigenvalue weighted by Gasteiger charge is -2.31. The van der Waals surface area contributed by atoms with Gasteiger partial charge < -0.3 is 9.47 Å². The van der Waals surface area contributed by atoms with Crippen LogP contribution in [0.4, 0.5) is 0 Å². The molecule has 0 saturated carbocycles. The molecule has 2 aliphatic heterocycles. The number of halogens is 1. The highest BCUT2D eigenvalue weighted by atomic mass is 35.5. The van der Waals surface area contributed by atoms with Gasteiger partial charge in [0.15, 0.2) is 0 Å². The van der Waals surface area contributed by atoms with Gasteiger partial charge in [0.25, 0.3) is 0 Å². The minimum absolute atomic E-state index is 0.0277. The van der Waals surface area contributed by atoms with Crippen molar-refractivity contribution >= 4 is 11.6 Å². The molecule has 3 heteroatoms. The van der Waals surface area contributed by atoms with Gasteiger partial charge in [0.05, 0.1) is 23.9 Å². The summed E-state index contributed by atoms with van der Waals surface area (Å²) < 4.78 is 12.6. The average molecular weight is 295 g/mol. The number of fused-ring (bicyclic) bond motifs is 2. The zero-order valence-electron chi connectivity index (χ0n) is 12.5. The van der Waals surface area contributed by atoms with Crippen LogP contribution in [0.3, 0.4) is 0 Å².